The van der Waals surface area contributed by atoms with Crippen molar-refractivity contribution in [3.8, 4) is 0 Å². The fourth-order valence-electron chi connectivity index (χ4n) is 0.0373. The van der Waals surface area contributed by atoms with Gasteiger partial charge in [-0.15, -0.1) is 4.58 Å². The molecular formula is C4H6NO+. The lowest BCUT2D eigenvalue weighted by Gasteiger charge is -1.63. The van der Waals surface area contributed by atoms with Gasteiger partial charge in [-0.25, -0.2) is 4.79 Å². The lowest BCUT2D eigenvalue weighted by molar-refractivity contribution is -0.394. The zero-order valence-corrected chi connectivity index (χ0v) is 3.64. The summed E-state index contributed by atoms with van der Waals surface area (Å²) < 4.78 is 1.21. The van der Waals surface area contributed by atoms with E-state index in [2.05, 4.69) is 12.4 Å². The van der Waals surface area contributed by atoms with Crippen molar-refractivity contribution >= 4 is 12.3 Å². The van der Waals surface area contributed by atoms with Crippen LogP contribution < -0.4 is 0 Å². The molecule has 0 heterocycles. The highest BCUT2D eigenvalue weighted by Gasteiger charge is 1.77. The largest absolute Gasteiger partial charge is 0.383 e. The molecule has 0 rings (SSSR count). The number of hydrogen-bond donors (Lipinski definition) is 0. The van der Waals surface area contributed by atoms with Crippen LogP contribution in [0, 0.1) is 0 Å². The highest BCUT2D eigenvalue weighted by molar-refractivity contribution is 5.48. The summed E-state index contributed by atoms with van der Waals surface area (Å²) in [5, 5.41) is 0. The maximum atomic E-state index is 9.56. The molecule has 0 fully saturated rings. The molecular weight excluding hydrogens is 78.0 g/mol. The van der Waals surface area contributed by atoms with Gasteiger partial charge in [-0.05, 0) is 0 Å². The molecule has 0 aliphatic carbocycles. The van der Waals surface area contributed by atoms with E-state index in [0.29, 0.717) is 6.41 Å². The molecule has 0 aromatic carbocycles. The molecule has 0 unspecified atom stereocenters. The Kier molecular flexibility index (Phi) is 2.02. The molecule has 0 spiro atoms. The molecule has 0 aromatic rings. The fraction of sp³-hybridized carbons (Fsp3) is 0.250. The molecule has 2 heteroatoms. The van der Waals surface area contributed by atoms with Gasteiger partial charge >= 0.3 is 6.41 Å². The summed E-state index contributed by atoms with van der Waals surface area (Å²) in [6, 6.07) is 0. The average Bonchev–Trinajstić information content (AvgIpc) is 1.65. The first-order valence-corrected chi connectivity index (χ1v) is 1.52. The molecule has 0 saturated heterocycles. The zero-order chi connectivity index (χ0) is 4.99. The molecule has 1 amide bonds. The van der Waals surface area contributed by atoms with E-state index in [4.69, 9.17) is 0 Å². The van der Waals surface area contributed by atoms with Crippen LogP contribution in [0.1, 0.15) is 0 Å². The topological polar surface area (TPSA) is 20.1 Å². The number of amides is 1. The van der Waals surface area contributed by atoms with Crippen molar-refractivity contribution in [1.82, 2.24) is 0 Å². The summed E-state index contributed by atoms with van der Waals surface area (Å²) in [7, 11) is 1.57. The van der Waals surface area contributed by atoms with Gasteiger partial charge in [0.15, 0.2) is 12.9 Å². The normalized spacial score (nSPS) is 6.17. The van der Waals surface area contributed by atoms with E-state index in [9.17, 15) is 4.79 Å². The molecule has 0 saturated carbocycles. The Morgan fingerprint density at radius 1 is 2.00 bits per heavy atom. The van der Waals surface area contributed by atoms with E-state index in [1.54, 1.807) is 7.05 Å². The molecule has 2 nitrogen and oxygen atoms in total. The Labute approximate surface area is 36.4 Å². The van der Waals surface area contributed by atoms with E-state index in [-0.39, 0.29) is 0 Å². The second kappa shape index (κ2) is 2.36. The molecule has 0 bridgehead atoms. The molecule has 0 aromatic heterocycles. The van der Waals surface area contributed by atoms with Gasteiger partial charge in [0.25, 0.3) is 0 Å². The van der Waals surface area contributed by atoms with Gasteiger partial charge in [0.05, 0.1) is 0 Å². The van der Waals surface area contributed by atoms with Gasteiger partial charge in [0.2, 0.25) is 0 Å². The quantitative estimate of drug-likeness (QED) is 0.241. The first kappa shape index (κ1) is 5.12. The van der Waals surface area contributed by atoms with Crippen LogP contribution in [0.3, 0.4) is 0 Å². The number of hydrogen-bond acceptors (Lipinski definition) is 1. The van der Waals surface area contributed by atoms with Crippen LogP contribution in [-0.2, 0) is 4.79 Å². The van der Waals surface area contributed by atoms with Crippen molar-refractivity contribution in [1.29, 1.82) is 0 Å². The minimum Gasteiger partial charge on any atom is -0.222 e. The van der Waals surface area contributed by atoms with E-state index in [1.807, 2.05) is 0 Å². The molecule has 0 aliphatic rings. The molecule has 32 valence electrons. The van der Waals surface area contributed by atoms with E-state index >= 15 is 0 Å². The Morgan fingerprint density at radius 2 is 2.50 bits per heavy atom. The van der Waals surface area contributed by atoms with Crippen LogP contribution in [0.5, 0.6) is 0 Å². The highest BCUT2D eigenvalue weighted by atomic mass is 16.1. The van der Waals surface area contributed by atoms with Crippen molar-refractivity contribution in [3.05, 3.63) is 6.58 Å². The van der Waals surface area contributed by atoms with E-state index in [0.717, 1.165) is 0 Å². The second-order valence-electron chi connectivity index (χ2n) is 0.874. The molecule has 0 N–H and O–H groups in total. The van der Waals surface area contributed by atoms with Crippen molar-refractivity contribution in [2.75, 3.05) is 7.05 Å². The van der Waals surface area contributed by atoms with Gasteiger partial charge in [-0.1, -0.05) is 0 Å². The number of rotatable bonds is 1. The summed E-state index contributed by atoms with van der Waals surface area (Å²) in [5.74, 6) is 2.33. The maximum Gasteiger partial charge on any atom is 0.383 e. The Bertz CT molecular complexity index is 100. The molecule has 0 atom stereocenters. The van der Waals surface area contributed by atoms with Gasteiger partial charge in [-0.2, -0.15) is 0 Å². The van der Waals surface area contributed by atoms with Crippen LogP contribution in [0.4, 0.5) is 0 Å². The predicted octanol–water partition coefficient (Wildman–Crippen LogP) is -0.359. The fourth-order valence-corrected chi connectivity index (χ4v) is 0.0373. The average molecular weight is 84.1 g/mol. The third-order valence-corrected chi connectivity index (χ3v) is 0.408. The summed E-state index contributed by atoms with van der Waals surface area (Å²) in [4.78, 5) is 9.56. The minimum atomic E-state index is 0.632. The third-order valence-electron chi connectivity index (χ3n) is 0.408. The number of nitrogens with zero attached hydrogens (tertiary/aromatic N) is 1. The Hall–Kier alpha value is -0.880. The van der Waals surface area contributed by atoms with Crippen molar-refractivity contribution in [2.24, 2.45) is 0 Å². The van der Waals surface area contributed by atoms with Crippen LogP contribution >= 0.6 is 0 Å². The SMILES string of the molecule is C=C=[N+](C)C=O. The summed E-state index contributed by atoms with van der Waals surface area (Å²) >= 11 is 0. The van der Waals surface area contributed by atoms with Gasteiger partial charge < -0.3 is 0 Å². The third kappa shape index (κ3) is 1.44. The second-order valence-corrected chi connectivity index (χ2v) is 0.874. The zero-order valence-electron chi connectivity index (χ0n) is 3.64. The number of carbonyl (C=O) groups is 1. The van der Waals surface area contributed by atoms with Crippen LogP contribution in [0.2, 0.25) is 0 Å². The van der Waals surface area contributed by atoms with Crippen molar-refractivity contribution in [3.63, 3.8) is 0 Å². The smallest absolute Gasteiger partial charge is 0.222 e. The standard InChI is InChI=1S/C4H6NO/c1-3-5(2)4-6/h4H,1H2,2H3/q+1. The molecule has 6 heavy (non-hydrogen) atoms. The van der Waals surface area contributed by atoms with Crippen LogP contribution in [0.25, 0.3) is 0 Å². The van der Waals surface area contributed by atoms with E-state index < -0.39 is 0 Å². The van der Waals surface area contributed by atoms with Crippen molar-refractivity contribution < 1.29 is 9.37 Å². The van der Waals surface area contributed by atoms with Crippen LogP contribution in [-0.4, -0.2) is 23.9 Å². The van der Waals surface area contributed by atoms with Crippen molar-refractivity contribution in [2.45, 2.75) is 0 Å². The van der Waals surface area contributed by atoms with E-state index in [1.165, 1.54) is 4.58 Å². The summed E-state index contributed by atoms with van der Waals surface area (Å²) in [5.41, 5.74) is 0. The monoisotopic (exact) mass is 84.0 g/mol. The minimum absolute atomic E-state index is 0.632. The van der Waals surface area contributed by atoms with Crippen LogP contribution in [0.15, 0.2) is 6.58 Å². The Morgan fingerprint density at radius 3 is 2.50 bits per heavy atom. The Balaban J connectivity index is 3.86. The lowest BCUT2D eigenvalue weighted by atomic mass is 11.0. The first-order valence-electron chi connectivity index (χ1n) is 1.52. The van der Waals surface area contributed by atoms with Gasteiger partial charge in [-0.3, -0.25) is 0 Å². The first-order chi connectivity index (χ1) is 2.81. The number of carbonyl (C=O) groups excluding carboxylic acids is 1. The lowest BCUT2D eigenvalue weighted by Crippen LogP contribution is -1.96. The molecule has 0 aliphatic heterocycles. The summed E-state index contributed by atoms with van der Waals surface area (Å²) in [6.07, 6.45) is 0.632. The summed E-state index contributed by atoms with van der Waals surface area (Å²) in [6.45, 7) is 3.20. The van der Waals surface area contributed by atoms with Gasteiger partial charge in [0, 0.05) is 6.58 Å². The predicted molar refractivity (Wildman–Crippen MR) is 22.9 cm³/mol. The molecule has 0 radical (unpaired) electrons. The van der Waals surface area contributed by atoms with Gasteiger partial charge in [0.1, 0.15) is 0 Å². The maximum absolute atomic E-state index is 9.56. The highest BCUT2D eigenvalue weighted by Crippen LogP contribution is 1.41.